The van der Waals surface area contributed by atoms with E-state index in [1.807, 2.05) is 4.90 Å². The van der Waals surface area contributed by atoms with Crippen molar-refractivity contribution in [2.75, 3.05) is 23.8 Å². The molecule has 10 nitrogen and oxygen atoms in total. The van der Waals surface area contributed by atoms with E-state index in [0.717, 1.165) is 6.20 Å². The van der Waals surface area contributed by atoms with Crippen molar-refractivity contribution in [3.8, 4) is 17.5 Å². The topological polar surface area (TPSA) is 141 Å². The van der Waals surface area contributed by atoms with E-state index < -0.39 is 46.2 Å². The SMILES string of the molecule is CCS(=O)(=O)c1ccc([C@H](CC#N)c2cc(N3C[C@@H](Oc4ccc(-n5cc(F)cn5)cc4)C[C@H]3COC(F)F)ccc2C(N)=O)cc1. The molecule has 14 heteroatoms. The first kappa shape index (κ1) is 33.5. The summed E-state index contributed by atoms with van der Waals surface area (Å²) in [5.41, 5.74) is 8.13. The summed E-state index contributed by atoms with van der Waals surface area (Å²) in [7, 11) is -3.46. The third-order valence-corrected chi connectivity index (χ3v) is 9.82. The normalized spacial score (nSPS) is 17.1. The fourth-order valence-electron chi connectivity index (χ4n) is 5.74. The summed E-state index contributed by atoms with van der Waals surface area (Å²) in [6.45, 7) is -1.46. The van der Waals surface area contributed by atoms with Crippen molar-refractivity contribution in [1.82, 2.24) is 9.78 Å². The molecule has 47 heavy (non-hydrogen) atoms. The van der Waals surface area contributed by atoms with Crippen molar-refractivity contribution in [2.45, 2.75) is 49.3 Å². The predicted molar refractivity (Wildman–Crippen MR) is 167 cm³/mol. The highest BCUT2D eigenvalue weighted by Crippen LogP contribution is 2.36. The standard InChI is InChI=1S/C33H32F3N5O5S/c1-2-47(43,44)28-10-3-21(4-11-28)29(13-14-37)31-16-24(7-12-30(31)32(38)42)40-19-27(15-25(40)20-45-33(35)36)46-26-8-5-23(6-9-26)41-18-22(34)17-39-41/h3-12,16-18,25,27,29,33H,2,13,15,19-20H2,1H3,(H2,38,42)/t25-,27-,29-/m0/s1. The minimum absolute atomic E-state index is 0.0472. The van der Waals surface area contributed by atoms with E-state index in [9.17, 15) is 31.6 Å². The Bertz CT molecular complexity index is 1860. The van der Waals surface area contributed by atoms with Gasteiger partial charge in [-0.05, 0) is 65.7 Å². The number of carbonyl (C=O) groups is 1. The highest BCUT2D eigenvalue weighted by Gasteiger charge is 2.35. The van der Waals surface area contributed by atoms with Gasteiger partial charge in [0.1, 0.15) is 11.9 Å². The first-order chi connectivity index (χ1) is 22.5. The summed E-state index contributed by atoms with van der Waals surface area (Å²) in [6.07, 6.45) is 2.19. The van der Waals surface area contributed by atoms with Crippen LogP contribution in [0.4, 0.5) is 18.9 Å². The number of nitrogens with two attached hydrogens (primary N) is 1. The van der Waals surface area contributed by atoms with E-state index in [0.29, 0.717) is 34.7 Å². The fourth-order valence-corrected chi connectivity index (χ4v) is 6.63. The number of rotatable bonds is 13. The van der Waals surface area contributed by atoms with Crippen LogP contribution in [-0.4, -0.2) is 61.8 Å². The van der Waals surface area contributed by atoms with E-state index in [1.165, 1.54) is 29.1 Å². The lowest BCUT2D eigenvalue weighted by Crippen LogP contribution is -2.34. The van der Waals surface area contributed by atoms with Gasteiger partial charge < -0.3 is 20.1 Å². The number of hydrogen-bond donors (Lipinski definition) is 1. The minimum Gasteiger partial charge on any atom is -0.489 e. The van der Waals surface area contributed by atoms with Crippen molar-refractivity contribution in [3.63, 3.8) is 0 Å². The molecule has 246 valence electrons. The molecule has 1 fully saturated rings. The largest absolute Gasteiger partial charge is 0.489 e. The Morgan fingerprint density at radius 2 is 1.81 bits per heavy atom. The highest BCUT2D eigenvalue weighted by molar-refractivity contribution is 7.91. The zero-order valence-corrected chi connectivity index (χ0v) is 26.1. The molecular formula is C33H32F3N5O5S. The predicted octanol–water partition coefficient (Wildman–Crippen LogP) is 5.21. The Morgan fingerprint density at radius 1 is 1.11 bits per heavy atom. The van der Waals surface area contributed by atoms with Crippen LogP contribution in [0, 0.1) is 17.1 Å². The van der Waals surface area contributed by atoms with Gasteiger partial charge in [-0.15, -0.1) is 0 Å². The summed E-state index contributed by atoms with van der Waals surface area (Å²) >= 11 is 0. The molecule has 3 atom stereocenters. The molecule has 1 aliphatic rings. The molecule has 4 aromatic rings. The van der Waals surface area contributed by atoms with Gasteiger partial charge in [0.2, 0.25) is 5.91 Å². The van der Waals surface area contributed by atoms with Gasteiger partial charge in [0, 0.05) is 30.0 Å². The Kier molecular flexibility index (Phi) is 10.2. The number of carbonyl (C=O) groups excluding carboxylic acids is 1. The Balaban J connectivity index is 1.44. The van der Waals surface area contributed by atoms with Crippen LogP contribution in [0.5, 0.6) is 5.75 Å². The van der Waals surface area contributed by atoms with Gasteiger partial charge in [-0.2, -0.15) is 19.1 Å². The van der Waals surface area contributed by atoms with Gasteiger partial charge in [0.05, 0.1) is 54.0 Å². The number of primary amides is 1. The zero-order chi connectivity index (χ0) is 33.7. The van der Waals surface area contributed by atoms with Crippen molar-refractivity contribution < 1.29 is 35.9 Å². The van der Waals surface area contributed by atoms with E-state index in [-0.39, 0.29) is 35.8 Å². The van der Waals surface area contributed by atoms with Crippen LogP contribution in [0.15, 0.2) is 84.0 Å². The van der Waals surface area contributed by atoms with Gasteiger partial charge in [0.15, 0.2) is 15.7 Å². The van der Waals surface area contributed by atoms with Crippen molar-refractivity contribution in [2.24, 2.45) is 5.73 Å². The molecular weight excluding hydrogens is 635 g/mol. The smallest absolute Gasteiger partial charge is 0.345 e. The summed E-state index contributed by atoms with van der Waals surface area (Å²) in [6, 6.07) is 19.5. The molecule has 0 saturated carbocycles. The lowest BCUT2D eigenvalue weighted by Gasteiger charge is -2.28. The monoisotopic (exact) mass is 667 g/mol. The first-order valence-electron chi connectivity index (χ1n) is 14.8. The second-order valence-electron chi connectivity index (χ2n) is 11.0. The summed E-state index contributed by atoms with van der Waals surface area (Å²) in [5, 5.41) is 13.7. The number of aromatic nitrogens is 2. The van der Waals surface area contributed by atoms with Gasteiger partial charge in [0.25, 0.3) is 0 Å². The number of amides is 1. The maximum atomic E-state index is 13.4. The molecule has 2 heterocycles. The summed E-state index contributed by atoms with van der Waals surface area (Å²) < 4.78 is 76.6. The lowest BCUT2D eigenvalue weighted by atomic mass is 9.85. The highest BCUT2D eigenvalue weighted by atomic mass is 32.2. The van der Waals surface area contributed by atoms with Gasteiger partial charge >= 0.3 is 6.61 Å². The maximum absolute atomic E-state index is 13.4. The van der Waals surface area contributed by atoms with Crippen molar-refractivity contribution >= 4 is 21.4 Å². The number of nitriles is 1. The Morgan fingerprint density at radius 3 is 2.40 bits per heavy atom. The minimum atomic E-state index is -3.46. The molecule has 0 radical (unpaired) electrons. The third kappa shape index (κ3) is 7.75. The van der Waals surface area contributed by atoms with Crippen LogP contribution in [0.3, 0.4) is 0 Å². The second-order valence-corrected chi connectivity index (χ2v) is 13.3. The van der Waals surface area contributed by atoms with Gasteiger partial charge in [-0.3, -0.25) is 4.79 Å². The molecule has 0 spiro atoms. The Labute approximate surface area is 270 Å². The average molecular weight is 668 g/mol. The number of sulfone groups is 1. The number of nitrogens with zero attached hydrogens (tertiary/aromatic N) is 4. The zero-order valence-electron chi connectivity index (χ0n) is 25.3. The van der Waals surface area contributed by atoms with Gasteiger partial charge in [-0.1, -0.05) is 19.1 Å². The molecule has 2 N–H and O–H groups in total. The maximum Gasteiger partial charge on any atom is 0.345 e. The lowest BCUT2D eigenvalue weighted by molar-refractivity contribution is -0.131. The number of benzene rings is 3. The average Bonchev–Trinajstić information content (AvgIpc) is 3.68. The number of ether oxygens (including phenoxy) is 2. The van der Waals surface area contributed by atoms with Gasteiger partial charge in [-0.25, -0.2) is 17.5 Å². The van der Waals surface area contributed by atoms with E-state index in [1.54, 1.807) is 55.5 Å². The van der Waals surface area contributed by atoms with Crippen LogP contribution < -0.4 is 15.4 Å². The van der Waals surface area contributed by atoms with Crippen LogP contribution in [0.2, 0.25) is 0 Å². The molecule has 1 aliphatic heterocycles. The molecule has 0 aliphatic carbocycles. The van der Waals surface area contributed by atoms with Crippen LogP contribution in [-0.2, 0) is 14.6 Å². The van der Waals surface area contributed by atoms with Crippen LogP contribution >= 0.6 is 0 Å². The van der Waals surface area contributed by atoms with E-state index in [4.69, 9.17) is 15.2 Å². The number of hydrogen-bond acceptors (Lipinski definition) is 8. The van der Waals surface area contributed by atoms with E-state index >= 15 is 0 Å². The first-order valence-corrected chi connectivity index (χ1v) is 16.4. The summed E-state index contributed by atoms with van der Waals surface area (Å²) in [5.74, 6) is -1.40. The van der Waals surface area contributed by atoms with Crippen molar-refractivity contribution in [1.29, 1.82) is 5.26 Å². The molecule has 0 bridgehead atoms. The fraction of sp³-hybridized carbons (Fsp3) is 0.303. The molecule has 1 saturated heterocycles. The molecule has 1 amide bonds. The van der Waals surface area contributed by atoms with Crippen LogP contribution in [0.25, 0.3) is 5.69 Å². The van der Waals surface area contributed by atoms with Crippen LogP contribution in [0.1, 0.15) is 47.2 Å². The Hall–Kier alpha value is -4.87. The number of halogens is 3. The number of anilines is 1. The number of alkyl halides is 2. The van der Waals surface area contributed by atoms with E-state index in [2.05, 4.69) is 11.2 Å². The second kappa shape index (κ2) is 14.3. The molecule has 3 aromatic carbocycles. The molecule has 5 rings (SSSR count). The third-order valence-electron chi connectivity index (χ3n) is 8.07. The van der Waals surface area contributed by atoms with Crippen molar-refractivity contribution in [3.05, 3.63) is 102 Å². The molecule has 1 aromatic heterocycles. The quantitative estimate of drug-likeness (QED) is 0.205. The summed E-state index contributed by atoms with van der Waals surface area (Å²) in [4.78, 5) is 14.5. The molecule has 0 unspecified atom stereocenters.